The van der Waals surface area contributed by atoms with Crippen LogP contribution in [-0.4, -0.2) is 44.4 Å². The van der Waals surface area contributed by atoms with E-state index in [-0.39, 0.29) is 18.1 Å². The number of carbonyl (C=O) groups excluding carboxylic acids is 1. The second-order valence-electron chi connectivity index (χ2n) is 4.05. The molecule has 1 rings (SSSR count). The van der Waals surface area contributed by atoms with E-state index in [1.54, 1.807) is 0 Å². The van der Waals surface area contributed by atoms with E-state index in [4.69, 9.17) is 5.73 Å². The zero-order chi connectivity index (χ0) is 14.5. The third kappa shape index (κ3) is 5.43. The maximum atomic E-state index is 11.8. The van der Waals surface area contributed by atoms with Gasteiger partial charge in [-0.1, -0.05) is 18.3 Å². The molecule has 0 saturated heterocycles. The lowest BCUT2D eigenvalue weighted by molar-refractivity contribution is 0.0961. The third-order valence-corrected chi connectivity index (χ3v) is 4.12. The molecule has 0 spiro atoms. The molecule has 1 amide bonds. The number of thiazole rings is 1. The first-order valence-corrected chi connectivity index (χ1v) is 8.67. The molecule has 0 atom stereocenters. The Balaban J connectivity index is 2.59. The molecule has 0 aliphatic heterocycles. The number of aromatic nitrogens is 1. The molecule has 9 heteroatoms. The van der Waals surface area contributed by atoms with Crippen LogP contribution in [-0.2, 0) is 9.84 Å². The number of hydrogen-bond acceptors (Lipinski definition) is 7. The minimum absolute atomic E-state index is 0.0622. The summed E-state index contributed by atoms with van der Waals surface area (Å²) in [6.45, 7) is 2.83. The standard InChI is InChI=1S/C10H18N4O3S2/c1-3-4-13-10-14-8(11)7(18-10)9(15)12-5-6-19(2,16)17/h3-6,11H2,1-2H3,(H,12,15)(H,13,14). The summed E-state index contributed by atoms with van der Waals surface area (Å²) in [5.74, 6) is -0.345. The minimum Gasteiger partial charge on any atom is -0.382 e. The van der Waals surface area contributed by atoms with E-state index in [0.29, 0.717) is 10.0 Å². The molecular weight excluding hydrogens is 288 g/mol. The van der Waals surface area contributed by atoms with Gasteiger partial charge >= 0.3 is 0 Å². The fourth-order valence-electron chi connectivity index (χ4n) is 1.23. The Hall–Kier alpha value is -1.35. The van der Waals surface area contributed by atoms with Gasteiger partial charge in [0.15, 0.2) is 5.13 Å². The highest BCUT2D eigenvalue weighted by Crippen LogP contribution is 2.24. The van der Waals surface area contributed by atoms with Gasteiger partial charge in [-0.25, -0.2) is 13.4 Å². The van der Waals surface area contributed by atoms with Crippen molar-refractivity contribution in [3.63, 3.8) is 0 Å². The van der Waals surface area contributed by atoms with Crippen molar-refractivity contribution in [2.45, 2.75) is 13.3 Å². The maximum Gasteiger partial charge on any atom is 0.265 e. The van der Waals surface area contributed by atoms with Crippen LogP contribution in [0.3, 0.4) is 0 Å². The predicted molar refractivity (Wildman–Crippen MR) is 77.4 cm³/mol. The fourth-order valence-corrected chi connectivity index (χ4v) is 2.53. The summed E-state index contributed by atoms with van der Waals surface area (Å²) in [5, 5.41) is 6.14. The summed E-state index contributed by atoms with van der Waals surface area (Å²) < 4.78 is 21.9. The lowest BCUT2D eigenvalue weighted by Gasteiger charge is -2.02. The first kappa shape index (κ1) is 15.7. The largest absolute Gasteiger partial charge is 0.382 e. The van der Waals surface area contributed by atoms with E-state index >= 15 is 0 Å². The van der Waals surface area contributed by atoms with Crippen LogP contribution in [0.1, 0.15) is 23.0 Å². The molecule has 0 aliphatic rings. The van der Waals surface area contributed by atoms with Crippen molar-refractivity contribution >= 4 is 38.0 Å². The number of carbonyl (C=O) groups is 1. The molecule has 7 nitrogen and oxygen atoms in total. The number of hydrogen-bond donors (Lipinski definition) is 3. The highest BCUT2D eigenvalue weighted by atomic mass is 32.2. The Morgan fingerprint density at radius 2 is 2.11 bits per heavy atom. The van der Waals surface area contributed by atoms with Gasteiger partial charge in [0.25, 0.3) is 5.91 Å². The summed E-state index contributed by atoms with van der Waals surface area (Å²) in [5.41, 5.74) is 5.65. The van der Waals surface area contributed by atoms with Crippen LogP contribution in [0.2, 0.25) is 0 Å². The van der Waals surface area contributed by atoms with Crippen molar-refractivity contribution < 1.29 is 13.2 Å². The topological polar surface area (TPSA) is 114 Å². The van der Waals surface area contributed by atoms with Gasteiger partial charge in [-0.15, -0.1) is 0 Å². The Labute approximate surface area is 116 Å². The summed E-state index contributed by atoms with van der Waals surface area (Å²) in [7, 11) is -3.09. The van der Waals surface area contributed by atoms with Crippen LogP contribution in [0.5, 0.6) is 0 Å². The van der Waals surface area contributed by atoms with Crippen molar-refractivity contribution in [1.82, 2.24) is 10.3 Å². The van der Waals surface area contributed by atoms with Gasteiger partial charge in [0.1, 0.15) is 20.5 Å². The van der Waals surface area contributed by atoms with Crippen LogP contribution in [0, 0.1) is 0 Å². The second kappa shape index (κ2) is 6.71. The van der Waals surface area contributed by atoms with Crippen molar-refractivity contribution in [3.8, 4) is 0 Å². The Kier molecular flexibility index (Phi) is 5.55. The number of nitrogens with two attached hydrogens (primary N) is 1. The molecule has 0 saturated carbocycles. The molecule has 0 bridgehead atoms. The molecule has 1 aromatic rings. The van der Waals surface area contributed by atoms with Gasteiger partial charge in [-0.2, -0.15) is 0 Å². The van der Waals surface area contributed by atoms with Crippen LogP contribution < -0.4 is 16.4 Å². The number of nitrogens with one attached hydrogen (secondary N) is 2. The maximum absolute atomic E-state index is 11.8. The zero-order valence-corrected chi connectivity index (χ0v) is 12.5. The average molecular weight is 306 g/mol. The van der Waals surface area contributed by atoms with Gasteiger partial charge in [0.2, 0.25) is 0 Å². The molecule has 0 aromatic carbocycles. The normalized spacial score (nSPS) is 11.3. The predicted octanol–water partition coefficient (Wildman–Crippen LogP) is 0.322. The van der Waals surface area contributed by atoms with E-state index in [1.165, 1.54) is 0 Å². The van der Waals surface area contributed by atoms with Gasteiger partial charge in [0, 0.05) is 19.3 Å². The number of anilines is 2. The highest BCUT2D eigenvalue weighted by Gasteiger charge is 2.16. The zero-order valence-electron chi connectivity index (χ0n) is 10.9. The summed E-state index contributed by atoms with van der Waals surface area (Å²) in [6.07, 6.45) is 2.06. The molecule has 4 N–H and O–H groups in total. The summed E-state index contributed by atoms with van der Waals surface area (Å²) in [6, 6.07) is 0. The number of nitrogen functional groups attached to an aromatic ring is 1. The first-order valence-electron chi connectivity index (χ1n) is 5.79. The molecule has 1 aromatic heterocycles. The monoisotopic (exact) mass is 306 g/mol. The first-order chi connectivity index (χ1) is 8.83. The third-order valence-electron chi connectivity index (χ3n) is 2.14. The minimum atomic E-state index is -3.09. The molecule has 19 heavy (non-hydrogen) atoms. The lowest BCUT2D eigenvalue weighted by Crippen LogP contribution is -2.28. The number of rotatable bonds is 7. The fraction of sp³-hybridized carbons (Fsp3) is 0.600. The van der Waals surface area contributed by atoms with Crippen LogP contribution in [0.25, 0.3) is 0 Å². The highest BCUT2D eigenvalue weighted by molar-refractivity contribution is 7.90. The molecule has 0 radical (unpaired) electrons. The Bertz CT molecular complexity index is 539. The summed E-state index contributed by atoms with van der Waals surface area (Å²) in [4.78, 5) is 16.1. The van der Waals surface area contributed by atoms with Gasteiger partial charge in [0.05, 0.1) is 5.75 Å². The Morgan fingerprint density at radius 3 is 2.68 bits per heavy atom. The molecule has 0 aliphatic carbocycles. The average Bonchev–Trinajstić information content (AvgIpc) is 2.66. The SMILES string of the molecule is CCCNc1nc(N)c(C(=O)NCCS(C)(=O)=O)s1. The Morgan fingerprint density at radius 1 is 1.42 bits per heavy atom. The van der Waals surface area contributed by atoms with Gasteiger partial charge in [-0.3, -0.25) is 4.79 Å². The van der Waals surface area contributed by atoms with Crippen molar-refractivity contribution in [1.29, 1.82) is 0 Å². The van der Waals surface area contributed by atoms with Crippen molar-refractivity contribution in [3.05, 3.63) is 4.88 Å². The quantitative estimate of drug-likeness (QED) is 0.668. The second-order valence-corrected chi connectivity index (χ2v) is 7.30. The number of amides is 1. The van der Waals surface area contributed by atoms with E-state index in [1.807, 2.05) is 6.92 Å². The van der Waals surface area contributed by atoms with Crippen LogP contribution >= 0.6 is 11.3 Å². The molecule has 0 fully saturated rings. The van der Waals surface area contributed by atoms with E-state index in [2.05, 4.69) is 15.6 Å². The number of nitrogens with zero attached hydrogens (tertiary/aromatic N) is 1. The van der Waals surface area contributed by atoms with Gasteiger partial charge in [-0.05, 0) is 6.42 Å². The van der Waals surface area contributed by atoms with E-state index in [0.717, 1.165) is 30.6 Å². The lowest BCUT2D eigenvalue weighted by atomic mass is 10.4. The molecule has 0 unspecified atom stereocenters. The molecule has 1 heterocycles. The van der Waals surface area contributed by atoms with Gasteiger partial charge < -0.3 is 16.4 Å². The van der Waals surface area contributed by atoms with E-state index < -0.39 is 15.7 Å². The molecule has 108 valence electrons. The van der Waals surface area contributed by atoms with Crippen molar-refractivity contribution in [2.75, 3.05) is 36.1 Å². The van der Waals surface area contributed by atoms with E-state index in [9.17, 15) is 13.2 Å². The molecular formula is C10H18N4O3S2. The number of sulfone groups is 1. The summed E-state index contributed by atoms with van der Waals surface area (Å²) >= 11 is 1.16. The van der Waals surface area contributed by atoms with Crippen molar-refractivity contribution in [2.24, 2.45) is 0 Å². The van der Waals surface area contributed by atoms with Crippen LogP contribution in [0.4, 0.5) is 10.9 Å². The smallest absolute Gasteiger partial charge is 0.265 e. The van der Waals surface area contributed by atoms with Crippen LogP contribution in [0.15, 0.2) is 0 Å².